The molecule has 0 aliphatic heterocycles. The molecule has 5 heteroatoms. The number of hydrogen-bond donors (Lipinski definition) is 2. The molecule has 0 amide bonds. The van der Waals surface area contributed by atoms with E-state index in [-0.39, 0.29) is 0 Å². The first-order chi connectivity index (χ1) is 9.30. The smallest absolute Gasteiger partial charge is 0.133 e. The highest BCUT2D eigenvalue weighted by atomic mass is 16.5. The summed E-state index contributed by atoms with van der Waals surface area (Å²) in [6.45, 7) is 6.85. The van der Waals surface area contributed by atoms with Crippen molar-refractivity contribution < 1.29 is 4.74 Å². The fraction of sp³-hybridized carbons (Fsp3) is 0.714. The van der Waals surface area contributed by atoms with Crippen LogP contribution in [-0.2, 0) is 11.2 Å². The molecule has 0 aromatic carbocycles. The van der Waals surface area contributed by atoms with Gasteiger partial charge in [-0.2, -0.15) is 0 Å². The summed E-state index contributed by atoms with van der Waals surface area (Å²) in [6, 6.07) is 1.97. The van der Waals surface area contributed by atoms with E-state index >= 15 is 0 Å². The van der Waals surface area contributed by atoms with Crippen LogP contribution < -0.4 is 10.6 Å². The quantitative estimate of drug-likeness (QED) is 0.638. The third-order valence-electron chi connectivity index (χ3n) is 2.63. The molecule has 0 aliphatic carbocycles. The van der Waals surface area contributed by atoms with E-state index in [4.69, 9.17) is 4.74 Å². The first-order valence-corrected chi connectivity index (χ1v) is 7.14. The second-order valence-electron chi connectivity index (χ2n) is 4.50. The Morgan fingerprint density at radius 2 is 1.74 bits per heavy atom. The van der Waals surface area contributed by atoms with Crippen molar-refractivity contribution in [2.45, 2.75) is 39.5 Å². The normalized spacial score (nSPS) is 10.5. The van der Waals surface area contributed by atoms with E-state index in [0.29, 0.717) is 0 Å². The number of aromatic nitrogens is 2. The number of aryl methyl sites for hydroxylation is 1. The van der Waals surface area contributed by atoms with Gasteiger partial charge in [-0.05, 0) is 19.3 Å². The number of nitrogens with zero attached hydrogens (tertiary/aromatic N) is 2. The summed E-state index contributed by atoms with van der Waals surface area (Å²) in [7, 11) is 1.72. The Bertz CT molecular complexity index is 357. The van der Waals surface area contributed by atoms with Crippen molar-refractivity contribution in [3.05, 3.63) is 11.9 Å². The third-order valence-corrected chi connectivity index (χ3v) is 2.63. The van der Waals surface area contributed by atoms with Gasteiger partial charge in [0.15, 0.2) is 0 Å². The fourth-order valence-electron chi connectivity index (χ4n) is 1.70. The van der Waals surface area contributed by atoms with Gasteiger partial charge in [-0.3, -0.25) is 0 Å². The van der Waals surface area contributed by atoms with Crippen LogP contribution >= 0.6 is 0 Å². The van der Waals surface area contributed by atoms with Crippen LogP contribution in [0, 0.1) is 0 Å². The predicted octanol–water partition coefficient (Wildman–Crippen LogP) is 2.70. The molecule has 1 aromatic heterocycles. The number of nitrogens with one attached hydrogen (secondary N) is 2. The van der Waals surface area contributed by atoms with Crippen molar-refractivity contribution in [2.75, 3.05) is 37.4 Å². The van der Waals surface area contributed by atoms with Gasteiger partial charge >= 0.3 is 0 Å². The van der Waals surface area contributed by atoms with Crippen molar-refractivity contribution in [3.63, 3.8) is 0 Å². The lowest BCUT2D eigenvalue weighted by atomic mass is 10.3. The molecule has 0 saturated heterocycles. The SMILES string of the molecule is CCCNc1cc(NCCCOC)nc(CCC)n1. The molecule has 0 radical (unpaired) electrons. The Morgan fingerprint density at radius 1 is 1.05 bits per heavy atom. The minimum atomic E-state index is 0.765. The highest BCUT2D eigenvalue weighted by Gasteiger charge is 2.03. The lowest BCUT2D eigenvalue weighted by Crippen LogP contribution is -2.10. The largest absolute Gasteiger partial charge is 0.385 e. The van der Waals surface area contributed by atoms with Gasteiger partial charge in [0.05, 0.1) is 0 Å². The lowest BCUT2D eigenvalue weighted by Gasteiger charge is -2.10. The molecule has 0 saturated carbocycles. The van der Waals surface area contributed by atoms with Crippen LogP contribution in [0.3, 0.4) is 0 Å². The number of anilines is 2. The first kappa shape index (κ1) is 15.7. The Kier molecular flexibility index (Phi) is 7.89. The molecular formula is C14H26N4O. The van der Waals surface area contributed by atoms with Gasteiger partial charge in [0.2, 0.25) is 0 Å². The molecule has 2 N–H and O–H groups in total. The summed E-state index contributed by atoms with van der Waals surface area (Å²) in [4.78, 5) is 9.04. The van der Waals surface area contributed by atoms with E-state index in [9.17, 15) is 0 Å². The summed E-state index contributed by atoms with van der Waals surface area (Å²) in [5.41, 5.74) is 0. The zero-order valence-electron chi connectivity index (χ0n) is 12.3. The van der Waals surface area contributed by atoms with E-state index in [2.05, 4.69) is 34.4 Å². The molecule has 0 atom stereocenters. The molecule has 0 fully saturated rings. The molecule has 0 spiro atoms. The van der Waals surface area contributed by atoms with Crippen LogP contribution in [0.4, 0.5) is 11.6 Å². The van der Waals surface area contributed by atoms with Gasteiger partial charge < -0.3 is 15.4 Å². The summed E-state index contributed by atoms with van der Waals surface area (Å²) >= 11 is 0. The number of rotatable bonds is 10. The summed E-state index contributed by atoms with van der Waals surface area (Å²) in [5, 5.41) is 6.64. The molecule has 19 heavy (non-hydrogen) atoms. The lowest BCUT2D eigenvalue weighted by molar-refractivity contribution is 0.198. The van der Waals surface area contributed by atoms with Crippen molar-refractivity contribution >= 4 is 11.6 Å². The molecule has 1 aromatic rings. The topological polar surface area (TPSA) is 59.1 Å². The van der Waals surface area contributed by atoms with E-state index in [1.54, 1.807) is 7.11 Å². The maximum absolute atomic E-state index is 5.03. The van der Waals surface area contributed by atoms with Gasteiger partial charge in [-0.25, -0.2) is 9.97 Å². The van der Waals surface area contributed by atoms with E-state index in [1.165, 1.54) is 0 Å². The Morgan fingerprint density at radius 3 is 2.32 bits per heavy atom. The maximum Gasteiger partial charge on any atom is 0.133 e. The van der Waals surface area contributed by atoms with Crippen LogP contribution in [0.15, 0.2) is 6.07 Å². The number of ether oxygens (including phenoxy) is 1. The molecule has 0 aliphatic rings. The van der Waals surface area contributed by atoms with Crippen LogP contribution in [0.25, 0.3) is 0 Å². The molecule has 108 valence electrons. The minimum absolute atomic E-state index is 0.765. The second-order valence-corrected chi connectivity index (χ2v) is 4.50. The molecule has 1 rings (SSSR count). The van der Waals surface area contributed by atoms with Crippen LogP contribution in [0.1, 0.15) is 38.9 Å². The number of hydrogen-bond acceptors (Lipinski definition) is 5. The summed E-state index contributed by atoms with van der Waals surface area (Å²) in [6.07, 6.45) is 4.03. The number of methoxy groups -OCH3 is 1. The zero-order valence-corrected chi connectivity index (χ0v) is 12.3. The van der Waals surface area contributed by atoms with Gasteiger partial charge in [0.25, 0.3) is 0 Å². The second kappa shape index (κ2) is 9.55. The van der Waals surface area contributed by atoms with Gasteiger partial charge in [0, 0.05) is 39.3 Å². The van der Waals surface area contributed by atoms with Crippen LogP contribution in [-0.4, -0.2) is 36.8 Å². The average Bonchev–Trinajstić information content (AvgIpc) is 2.42. The van der Waals surface area contributed by atoms with Crippen LogP contribution in [0.5, 0.6) is 0 Å². The maximum atomic E-state index is 5.03. The van der Waals surface area contributed by atoms with Crippen molar-refractivity contribution in [2.24, 2.45) is 0 Å². The van der Waals surface area contributed by atoms with Crippen molar-refractivity contribution in [1.82, 2.24) is 9.97 Å². The predicted molar refractivity (Wildman–Crippen MR) is 79.8 cm³/mol. The summed E-state index contributed by atoms with van der Waals surface area (Å²) < 4.78 is 5.03. The summed E-state index contributed by atoms with van der Waals surface area (Å²) in [5.74, 6) is 2.71. The Hall–Kier alpha value is -1.36. The van der Waals surface area contributed by atoms with E-state index < -0.39 is 0 Å². The van der Waals surface area contributed by atoms with Gasteiger partial charge in [0.1, 0.15) is 17.5 Å². The molecule has 0 unspecified atom stereocenters. The van der Waals surface area contributed by atoms with Crippen molar-refractivity contribution in [3.8, 4) is 0 Å². The van der Waals surface area contributed by atoms with Gasteiger partial charge in [-0.1, -0.05) is 13.8 Å². The van der Waals surface area contributed by atoms with Crippen molar-refractivity contribution in [1.29, 1.82) is 0 Å². The molecular weight excluding hydrogens is 240 g/mol. The third kappa shape index (κ3) is 6.38. The monoisotopic (exact) mass is 266 g/mol. The minimum Gasteiger partial charge on any atom is -0.385 e. The van der Waals surface area contributed by atoms with Gasteiger partial charge in [-0.15, -0.1) is 0 Å². The van der Waals surface area contributed by atoms with E-state index in [0.717, 1.165) is 62.8 Å². The Balaban J connectivity index is 2.63. The molecule has 1 heterocycles. The zero-order chi connectivity index (χ0) is 13.9. The molecule has 5 nitrogen and oxygen atoms in total. The Labute approximate surface area is 116 Å². The highest BCUT2D eigenvalue weighted by molar-refractivity contribution is 5.47. The highest BCUT2D eigenvalue weighted by Crippen LogP contribution is 2.12. The first-order valence-electron chi connectivity index (χ1n) is 7.14. The fourth-order valence-corrected chi connectivity index (χ4v) is 1.70. The van der Waals surface area contributed by atoms with Crippen LogP contribution in [0.2, 0.25) is 0 Å². The average molecular weight is 266 g/mol. The molecule has 0 bridgehead atoms. The van der Waals surface area contributed by atoms with E-state index in [1.807, 2.05) is 6.07 Å². The standard InChI is InChI=1S/C14H26N4O/c1-4-7-12-17-13(15-8-5-2)11-14(18-12)16-9-6-10-19-3/h11H,4-10H2,1-3H3,(H2,15,16,17,18).